The average Bonchev–Trinajstić information content (AvgIpc) is 3.09. The minimum Gasteiger partial charge on any atom is -0.394 e. The van der Waals surface area contributed by atoms with Gasteiger partial charge in [0.05, 0.1) is 12.9 Å². The number of thioether (sulfide) groups is 1. The molecule has 4 atom stereocenters. The van der Waals surface area contributed by atoms with Crippen molar-refractivity contribution in [1.29, 1.82) is 0 Å². The number of fused-ring (bicyclic) bond motifs is 1. The molecule has 0 saturated carbocycles. The van der Waals surface area contributed by atoms with Crippen LogP contribution in [0.2, 0.25) is 0 Å². The van der Waals surface area contributed by atoms with Crippen LogP contribution in [0.25, 0.3) is 11.2 Å². The van der Waals surface area contributed by atoms with Gasteiger partial charge in [-0.05, 0) is 6.26 Å². The van der Waals surface area contributed by atoms with E-state index in [2.05, 4.69) is 15.0 Å². The molecule has 0 bridgehead atoms. The van der Waals surface area contributed by atoms with E-state index in [1.807, 2.05) is 0 Å². The van der Waals surface area contributed by atoms with Crippen LogP contribution in [0.1, 0.15) is 0 Å². The molecule has 124 valence electrons. The summed E-state index contributed by atoms with van der Waals surface area (Å²) in [4.78, 5) is 22.3. The molecule has 11 heteroatoms. The first-order valence-electron chi connectivity index (χ1n) is 6.61. The number of ether oxygens (including phenoxy) is 1. The van der Waals surface area contributed by atoms with Gasteiger partial charge in [-0.2, -0.15) is 0 Å². The lowest BCUT2D eigenvalue weighted by Gasteiger charge is -2.33. The average molecular weight is 358 g/mol. The Morgan fingerprint density at radius 3 is 2.91 bits per heavy atom. The summed E-state index contributed by atoms with van der Waals surface area (Å²) in [5, 5.41) is 30.1. The van der Waals surface area contributed by atoms with Crippen LogP contribution >= 0.6 is 24.0 Å². The molecule has 0 spiro atoms. The molecule has 23 heavy (non-hydrogen) atoms. The van der Waals surface area contributed by atoms with E-state index in [1.54, 1.807) is 6.26 Å². The van der Waals surface area contributed by atoms with E-state index in [9.17, 15) is 20.1 Å². The van der Waals surface area contributed by atoms with Gasteiger partial charge < -0.3 is 25.0 Å². The molecule has 3 heterocycles. The number of aliphatic hydroxyl groups excluding tert-OH is 3. The van der Waals surface area contributed by atoms with E-state index >= 15 is 0 Å². The molecule has 4 N–H and O–H groups in total. The van der Waals surface area contributed by atoms with Crippen molar-refractivity contribution in [3.05, 3.63) is 23.0 Å². The number of nitrogens with one attached hydrogen (secondary N) is 1. The molecule has 2 aromatic heterocycles. The largest absolute Gasteiger partial charge is 0.394 e. The number of hydrogen-bond donors (Lipinski definition) is 4. The standard InChI is InChI=1S/C12H14N4O5S2/c1-23-11(22)12(8(19)7(18)5(2-17)21-12)16-4-15-6-9(16)13-3-14-10(6)20/h3-5,7-8,17-19H,2H2,1H3,(H,13,14,20)/t5-,7-,8-,12+/m1/s1. The Labute approximate surface area is 139 Å². The molecule has 1 saturated heterocycles. The number of nitrogens with zero attached hydrogens (tertiary/aromatic N) is 3. The Bertz CT molecular complexity index is 808. The molecular formula is C12H14N4O5S2. The van der Waals surface area contributed by atoms with Gasteiger partial charge in [0.15, 0.2) is 11.2 Å². The Morgan fingerprint density at radius 1 is 1.57 bits per heavy atom. The van der Waals surface area contributed by atoms with Gasteiger partial charge in [0.2, 0.25) is 5.72 Å². The van der Waals surface area contributed by atoms with E-state index in [0.29, 0.717) is 0 Å². The van der Waals surface area contributed by atoms with Crippen molar-refractivity contribution in [3.8, 4) is 0 Å². The SMILES string of the molecule is CSC(=S)[C@@]1(n2cnc3c(=O)[nH]cnc32)O[C@H](CO)[C@@H](O)[C@H]1O. The molecule has 0 aromatic carbocycles. The lowest BCUT2D eigenvalue weighted by atomic mass is 10.0. The highest BCUT2D eigenvalue weighted by atomic mass is 32.2. The summed E-state index contributed by atoms with van der Waals surface area (Å²) in [6, 6.07) is 0. The van der Waals surface area contributed by atoms with Crippen LogP contribution in [0.15, 0.2) is 17.4 Å². The van der Waals surface area contributed by atoms with Crippen LogP contribution in [0.4, 0.5) is 0 Å². The lowest BCUT2D eigenvalue weighted by molar-refractivity contribution is -0.0913. The molecule has 0 radical (unpaired) electrons. The number of aliphatic hydroxyl groups is 3. The van der Waals surface area contributed by atoms with Crippen LogP contribution < -0.4 is 5.56 Å². The van der Waals surface area contributed by atoms with Gasteiger partial charge in [-0.15, -0.1) is 11.8 Å². The van der Waals surface area contributed by atoms with Gasteiger partial charge in [0.25, 0.3) is 5.56 Å². The Kier molecular flexibility index (Phi) is 4.25. The van der Waals surface area contributed by atoms with Crippen molar-refractivity contribution in [2.45, 2.75) is 24.0 Å². The molecule has 1 fully saturated rings. The Hall–Kier alpha value is -1.37. The van der Waals surface area contributed by atoms with Crippen LogP contribution in [0, 0.1) is 0 Å². The lowest BCUT2D eigenvalue weighted by Crippen LogP contribution is -2.50. The zero-order valence-electron chi connectivity index (χ0n) is 11.9. The zero-order chi connectivity index (χ0) is 16.8. The highest BCUT2D eigenvalue weighted by molar-refractivity contribution is 8.22. The van der Waals surface area contributed by atoms with Crippen LogP contribution in [-0.4, -0.2) is 70.2 Å². The molecule has 3 rings (SSSR count). The normalized spacial score (nSPS) is 30.9. The third-order valence-electron chi connectivity index (χ3n) is 3.79. The maximum atomic E-state index is 11.8. The predicted octanol–water partition coefficient (Wildman–Crippen LogP) is -1.42. The summed E-state index contributed by atoms with van der Waals surface area (Å²) in [6.07, 6.45) is 0.306. The van der Waals surface area contributed by atoms with E-state index in [1.165, 1.54) is 17.2 Å². The third kappa shape index (κ3) is 2.23. The zero-order valence-corrected chi connectivity index (χ0v) is 13.5. The van der Waals surface area contributed by atoms with Gasteiger partial charge in [0, 0.05) is 0 Å². The van der Waals surface area contributed by atoms with Gasteiger partial charge in [0.1, 0.15) is 28.8 Å². The highest BCUT2D eigenvalue weighted by Gasteiger charge is 2.58. The fraction of sp³-hybridized carbons (Fsp3) is 0.500. The summed E-state index contributed by atoms with van der Waals surface area (Å²) in [6.45, 7) is -0.502. The predicted molar refractivity (Wildman–Crippen MR) is 86.2 cm³/mol. The second-order valence-corrected chi connectivity index (χ2v) is 6.46. The molecule has 9 nitrogen and oxygen atoms in total. The van der Waals surface area contributed by atoms with E-state index in [4.69, 9.17) is 17.0 Å². The monoisotopic (exact) mass is 358 g/mol. The smallest absolute Gasteiger partial charge is 0.278 e. The number of imidazole rings is 1. The first kappa shape index (κ1) is 16.5. The number of hydrogen-bond acceptors (Lipinski definition) is 9. The van der Waals surface area contributed by atoms with Gasteiger partial charge in [-0.25, -0.2) is 9.97 Å². The minimum atomic E-state index is -1.67. The topological polar surface area (TPSA) is 133 Å². The maximum absolute atomic E-state index is 11.8. The maximum Gasteiger partial charge on any atom is 0.278 e. The van der Waals surface area contributed by atoms with E-state index in [-0.39, 0.29) is 15.4 Å². The van der Waals surface area contributed by atoms with Crippen molar-refractivity contribution in [1.82, 2.24) is 19.5 Å². The molecule has 1 aliphatic rings. The van der Waals surface area contributed by atoms with E-state index in [0.717, 1.165) is 11.8 Å². The Morgan fingerprint density at radius 2 is 2.30 bits per heavy atom. The van der Waals surface area contributed by atoms with E-state index < -0.39 is 36.2 Å². The van der Waals surface area contributed by atoms with Crippen LogP contribution in [-0.2, 0) is 10.5 Å². The van der Waals surface area contributed by atoms with Crippen LogP contribution in [0.5, 0.6) is 0 Å². The molecule has 0 unspecified atom stereocenters. The van der Waals surface area contributed by atoms with Crippen molar-refractivity contribution in [2.75, 3.05) is 12.9 Å². The number of rotatable bonds is 3. The van der Waals surface area contributed by atoms with Crippen LogP contribution in [0.3, 0.4) is 0 Å². The molecule has 1 aliphatic heterocycles. The summed E-state index contributed by atoms with van der Waals surface area (Å²) >= 11 is 6.47. The van der Waals surface area contributed by atoms with Crippen molar-refractivity contribution >= 4 is 39.3 Å². The number of thiocarbonyl (C=S) groups is 1. The Balaban J connectivity index is 2.27. The number of H-pyrrole nitrogens is 1. The fourth-order valence-corrected chi connectivity index (χ4v) is 3.48. The summed E-state index contributed by atoms with van der Waals surface area (Å²) in [7, 11) is 0. The highest BCUT2D eigenvalue weighted by Crippen LogP contribution is 2.40. The van der Waals surface area contributed by atoms with Crippen molar-refractivity contribution in [3.63, 3.8) is 0 Å². The first-order valence-corrected chi connectivity index (χ1v) is 8.25. The summed E-state index contributed by atoms with van der Waals surface area (Å²) in [5.41, 5.74) is -1.92. The van der Waals surface area contributed by atoms with Crippen molar-refractivity contribution in [2.24, 2.45) is 0 Å². The first-order chi connectivity index (χ1) is 11.0. The summed E-state index contributed by atoms with van der Waals surface area (Å²) in [5.74, 6) is 0. The third-order valence-corrected chi connectivity index (χ3v) is 5.25. The summed E-state index contributed by atoms with van der Waals surface area (Å²) < 4.78 is 7.26. The fourth-order valence-electron chi connectivity index (χ4n) is 2.65. The second kappa shape index (κ2) is 5.92. The van der Waals surface area contributed by atoms with Gasteiger partial charge in [-0.3, -0.25) is 9.36 Å². The van der Waals surface area contributed by atoms with Gasteiger partial charge in [-0.1, -0.05) is 12.2 Å². The molecule has 0 aliphatic carbocycles. The molecule has 0 amide bonds. The van der Waals surface area contributed by atoms with Crippen molar-refractivity contribution < 1.29 is 20.1 Å². The number of aromatic nitrogens is 4. The molecular weight excluding hydrogens is 344 g/mol. The second-order valence-electron chi connectivity index (χ2n) is 4.98. The quantitative estimate of drug-likeness (QED) is 0.488. The number of aromatic amines is 1. The minimum absolute atomic E-state index is 0.0496. The molecule has 2 aromatic rings. The van der Waals surface area contributed by atoms with Gasteiger partial charge >= 0.3 is 0 Å².